The molecule has 0 atom stereocenters. The quantitative estimate of drug-likeness (QED) is 0.237. The topological polar surface area (TPSA) is 140 Å². The molecule has 35 heavy (non-hydrogen) atoms. The van der Waals surface area contributed by atoms with Crippen LogP contribution in [0.15, 0.2) is 49.8 Å². The number of hydrogen-bond acceptors (Lipinski definition) is 9. The third-order valence-corrected chi connectivity index (χ3v) is 5.99. The summed E-state index contributed by atoms with van der Waals surface area (Å²) in [4.78, 5) is 31.0. The maximum absolute atomic E-state index is 10.4. The Hall–Kier alpha value is -3.09. The summed E-state index contributed by atoms with van der Waals surface area (Å²) >= 11 is 9.33. The van der Waals surface area contributed by atoms with E-state index < -0.39 is 0 Å². The highest BCUT2D eigenvalue weighted by Gasteiger charge is 2.17. The van der Waals surface area contributed by atoms with Crippen LogP contribution in [0.2, 0.25) is 0 Å². The van der Waals surface area contributed by atoms with Gasteiger partial charge in [0.2, 0.25) is 6.79 Å². The van der Waals surface area contributed by atoms with Gasteiger partial charge in [-0.3, -0.25) is 14.4 Å². The highest BCUT2D eigenvalue weighted by Crippen LogP contribution is 2.39. The number of carbonyl (C=O) groups excluding carboxylic acids is 3. The molecule has 0 fully saturated rings. The molecule has 184 valence electrons. The van der Waals surface area contributed by atoms with E-state index in [2.05, 4.69) is 47.8 Å². The Labute approximate surface area is 224 Å². The number of aldehydes is 3. The van der Waals surface area contributed by atoms with Gasteiger partial charge in [0.15, 0.2) is 34.5 Å². The fraction of sp³-hybridized carbons (Fsp3) is 0.0870. The first-order valence-corrected chi connectivity index (χ1v) is 11.8. The van der Waals surface area contributed by atoms with Gasteiger partial charge < -0.3 is 29.5 Å². The predicted molar refractivity (Wildman–Crippen MR) is 136 cm³/mol. The molecule has 0 spiro atoms. The number of aromatic hydroxyl groups is 3. The van der Waals surface area contributed by atoms with Gasteiger partial charge in [-0.2, -0.15) is 0 Å². The van der Waals surface area contributed by atoms with Crippen LogP contribution in [0.1, 0.15) is 31.1 Å². The van der Waals surface area contributed by atoms with Crippen molar-refractivity contribution in [3.63, 3.8) is 0 Å². The summed E-state index contributed by atoms with van der Waals surface area (Å²) in [6.45, 7) is 0.218. The third-order valence-electron chi connectivity index (χ3n) is 4.19. The number of carbonyl (C=O) groups is 3. The van der Waals surface area contributed by atoms with Crippen molar-refractivity contribution in [2.75, 3.05) is 13.9 Å². The third kappa shape index (κ3) is 7.44. The Balaban J connectivity index is 0.000000185. The Morgan fingerprint density at radius 2 is 1.26 bits per heavy atom. The number of halogens is 3. The van der Waals surface area contributed by atoms with Crippen LogP contribution < -0.4 is 14.2 Å². The summed E-state index contributed by atoms with van der Waals surface area (Å²) in [5.41, 5.74) is 1.34. The van der Waals surface area contributed by atoms with Crippen LogP contribution >= 0.6 is 47.8 Å². The number of methoxy groups -OCH3 is 1. The number of fused-ring (bicyclic) bond motifs is 1. The average molecular weight is 677 g/mol. The number of benzene rings is 3. The number of ether oxygens (including phenoxy) is 3. The van der Waals surface area contributed by atoms with Crippen molar-refractivity contribution in [2.45, 2.75) is 0 Å². The lowest BCUT2D eigenvalue weighted by atomic mass is 10.2. The van der Waals surface area contributed by atoms with Gasteiger partial charge in [0, 0.05) is 16.7 Å². The predicted octanol–water partition coefficient (Wildman–Crippen LogP) is 5.64. The summed E-state index contributed by atoms with van der Waals surface area (Å²) in [5.74, 6) is 1.01. The van der Waals surface area contributed by atoms with Crippen molar-refractivity contribution in [1.82, 2.24) is 0 Å². The van der Waals surface area contributed by atoms with E-state index in [0.717, 1.165) is 10.8 Å². The van der Waals surface area contributed by atoms with Gasteiger partial charge >= 0.3 is 0 Å². The van der Waals surface area contributed by atoms with E-state index in [9.17, 15) is 19.5 Å². The van der Waals surface area contributed by atoms with Crippen molar-refractivity contribution < 1.29 is 43.9 Å². The number of rotatable bonds is 4. The van der Waals surface area contributed by atoms with Crippen molar-refractivity contribution in [1.29, 1.82) is 0 Å². The van der Waals surface area contributed by atoms with Gasteiger partial charge in [0.25, 0.3) is 0 Å². The molecule has 0 aromatic heterocycles. The molecule has 0 amide bonds. The van der Waals surface area contributed by atoms with E-state index in [0.29, 0.717) is 49.7 Å². The van der Waals surface area contributed by atoms with Gasteiger partial charge in [-0.15, -0.1) is 0 Å². The molecule has 12 heteroatoms. The summed E-state index contributed by atoms with van der Waals surface area (Å²) < 4.78 is 16.6. The Morgan fingerprint density at radius 3 is 1.80 bits per heavy atom. The lowest BCUT2D eigenvalue weighted by Gasteiger charge is -2.04. The summed E-state index contributed by atoms with van der Waals surface area (Å²) in [6, 6.07) is 8.94. The van der Waals surface area contributed by atoms with Gasteiger partial charge in [-0.1, -0.05) is 0 Å². The maximum atomic E-state index is 10.4. The average Bonchev–Trinajstić information content (AvgIpc) is 3.34. The molecule has 0 aliphatic carbocycles. The maximum Gasteiger partial charge on any atom is 0.231 e. The number of phenols is 3. The molecular formula is C23H17Br3O9. The first-order chi connectivity index (χ1) is 16.6. The fourth-order valence-electron chi connectivity index (χ4n) is 2.55. The molecule has 1 heterocycles. The smallest absolute Gasteiger partial charge is 0.231 e. The van der Waals surface area contributed by atoms with E-state index in [4.69, 9.17) is 24.4 Å². The standard InChI is InChI=1S/C8H5BrO3.C8H7BrO3.C7H5BrO3/c9-6-1-5(3-10)2-7-8(6)12-4-11-7;1-12-7-3-5(4-10)2-6(9)8(7)11;8-5-1-4(3-9)2-6(10)7(5)11/h1-3H,4H2;2-4,11H,1H3;1-3,10-11H. The van der Waals surface area contributed by atoms with E-state index in [1.807, 2.05) is 0 Å². The minimum absolute atomic E-state index is 0.00287. The second kappa shape index (κ2) is 13.1. The second-order valence-corrected chi connectivity index (χ2v) is 9.08. The zero-order chi connectivity index (χ0) is 26.1. The Bertz CT molecular complexity index is 1210. The van der Waals surface area contributed by atoms with Crippen molar-refractivity contribution in [2.24, 2.45) is 0 Å². The van der Waals surface area contributed by atoms with Gasteiger partial charge in [-0.05, 0) is 84.2 Å². The van der Waals surface area contributed by atoms with Crippen LogP contribution in [0, 0.1) is 0 Å². The van der Waals surface area contributed by atoms with Gasteiger partial charge in [0.1, 0.15) is 18.9 Å². The van der Waals surface area contributed by atoms with Crippen molar-refractivity contribution in [3.05, 3.63) is 66.5 Å². The van der Waals surface area contributed by atoms with Crippen molar-refractivity contribution in [3.8, 4) is 34.5 Å². The molecule has 0 bridgehead atoms. The molecular weight excluding hydrogens is 660 g/mol. The van der Waals surface area contributed by atoms with Gasteiger partial charge in [0.05, 0.1) is 20.5 Å². The fourth-order valence-corrected chi connectivity index (χ4v) is 4.05. The highest BCUT2D eigenvalue weighted by molar-refractivity contribution is 9.11. The molecule has 3 N–H and O–H groups in total. The van der Waals surface area contributed by atoms with E-state index >= 15 is 0 Å². The molecule has 3 aromatic carbocycles. The van der Waals surface area contributed by atoms with E-state index in [-0.39, 0.29) is 29.8 Å². The normalized spacial score (nSPS) is 10.7. The zero-order valence-electron chi connectivity index (χ0n) is 17.8. The summed E-state index contributed by atoms with van der Waals surface area (Å²) in [5, 5.41) is 27.3. The van der Waals surface area contributed by atoms with E-state index in [1.165, 1.54) is 31.4 Å². The first-order valence-electron chi connectivity index (χ1n) is 9.37. The monoisotopic (exact) mass is 674 g/mol. The number of hydrogen-bond donors (Lipinski definition) is 3. The molecule has 9 nitrogen and oxygen atoms in total. The van der Waals surface area contributed by atoms with Crippen LogP contribution in [0.3, 0.4) is 0 Å². The lowest BCUT2D eigenvalue weighted by Crippen LogP contribution is -1.93. The Kier molecular flexibility index (Phi) is 10.6. The molecule has 0 saturated carbocycles. The van der Waals surface area contributed by atoms with Gasteiger partial charge in [-0.25, -0.2) is 0 Å². The van der Waals surface area contributed by atoms with E-state index in [1.54, 1.807) is 12.1 Å². The SMILES string of the molecule is COc1cc(C=O)cc(Br)c1O.O=Cc1cc(Br)c2c(c1)OCO2.O=Cc1cc(O)c(O)c(Br)c1. The van der Waals surface area contributed by atoms with Crippen LogP contribution in [-0.2, 0) is 0 Å². The first kappa shape index (κ1) is 28.1. The van der Waals surface area contributed by atoms with Crippen LogP contribution in [0.25, 0.3) is 0 Å². The summed E-state index contributed by atoms with van der Waals surface area (Å²) in [6.07, 6.45) is 2.04. The molecule has 4 rings (SSSR count). The molecule has 0 unspecified atom stereocenters. The van der Waals surface area contributed by atoms with Crippen LogP contribution in [0.5, 0.6) is 34.5 Å². The molecule has 0 radical (unpaired) electrons. The van der Waals surface area contributed by atoms with Crippen molar-refractivity contribution >= 4 is 66.6 Å². The second-order valence-electron chi connectivity index (χ2n) is 6.51. The number of phenolic OH excluding ortho intramolecular Hbond substituents is 3. The zero-order valence-corrected chi connectivity index (χ0v) is 22.6. The molecule has 3 aromatic rings. The minimum atomic E-state index is -0.304. The minimum Gasteiger partial charge on any atom is -0.504 e. The van der Waals surface area contributed by atoms with Crippen LogP contribution in [0.4, 0.5) is 0 Å². The molecule has 0 saturated heterocycles. The Morgan fingerprint density at radius 1 is 0.743 bits per heavy atom. The largest absolute Gasteiger partial charge is 0.504 e. The molecule has 1 aliphatic heterocycles. The summed E-state index contributed by atoms with van der Waals surface area (Å²) in [7, 11) is 1.43. The molecule has 1 aliphatic rings. The lowest BCUT2D eigenvalue weighted by molar-refractivity contribution is 0.111. The highest BCUT2D eigenvalue weighted by atomic mass is 79.9. The van der Waals surface area contributed by atoms with Crippen LogP contribution in [-0.4, -0.2) is 48.1 Å².